The zero-order chi connectivity index (χ0) is 61.5. The lowest BCUT2D eigenvalue weighted by atomic mass is 9.33. The predicted octanol–water partition coefficient (Wildman–Crippen LogP) is 19.9. The second-order valence-electron chi connectivity index (χ2n) is 34.3. The molecule has 0 saturated heterocycles. The third kappa shape index (κ3) is 7.08. The Bertz CT molecular complexity index is 5040. The van der Waals surface area contributed by atoms with Crippen molar-refractivity contribution in [1.29, 1.82) is 0 Å². The maximum Gasteiger partial charge on any atom is 0.252 e. The van der Waals surface area contributed by atoms with Crippen LogP contribution in [-0.2, 0) is 43.3 Å². The molecule has 0 atom stereocenters. The van der Waals surface area contributed by atoms with Crippen molar-refractivity contribution in [1.82, 2.24) is 13.7 Å². The summed E-state index contributed by atoms with van der Waals surface area (Å²) in [6.45, 7) is 50.2. The lowest BCUT2D eigenvalue weighted by molar-refractivity contribution is 0.583. The first-order chi connectivity index (χ1) is 40.6. The molecule has 0 radical (unpaired) electrons. The molecule has 0 amide bonds. The van der Waals surface area contributed by atoms with Crippen molar-refractivity contribution in [2.45, 2.75) is 189 Å². The lowest BCUT2D eigenvalue weighted by Crippen LogP contribution is -2.60. The first-order valence-electron chi connectivity index (χ1n) is 32.5. The highest BCUT2D eigenvalue weighted by atomic mass is 15.1. The molecule has 0 unspecified atom stereocenters. The fourth-order valence-electron chi connectivity index (χ4n) is 16.7. The molecular weight excluding hydrogens is 1050 g/mol. The molecule has 1 spiro atoms. The molecule has 9 aromatic carbocycles. The van der Waals surface area contributed by atoms with Crippen LogP contribution in [0.5, 0.6) is 0 Å². The molecule has 3 nitrogen and oxygen atoms in total. The zero-order valence-corrected chi connectivity index (χ0v) is 55.7. The van der Waals surface area contributed by atoms with Crippen molar-refractivity contribution in [3.63, 3.8) is 0 Å². The van der Waals surface area contributed by atoms with Gasteiger partial charge in [-0.3, -0.25) is 0 Å². The van der Waals surface area contributed by atoms with E-state index in [0.29, 0.717) is 0 Å². The Hall–Kier alpha value is -7.56. The minimum Gasteiger partial charge on any atom is -0.310 e. The standard InChI is InChI=1S/C83H86BN3/c1-76(2,3)45-25-30-51(31-26-45)85-66-43-48(79(10,11)12)29-34-54(66)68-67(85)44-63-75-70(68)69-57(82(19,20)21)23-22-24-64(69)86(75)65-36-35-58-74-71(65)84(63)62-42-50(81(16,17)18)38-56-55-37-49(80(13,14)15)41-61(72(55)87(74)73(56)62)83(58)59-39-46(77(4,5)6)27-32-52(59)53-33-28-47(40-60(53)83)78(7,8)9/h22-44H,1-21H3. The number of hydrogen-bond acceptors (Lipinski definition) is 0. The SMILES string of the molecule is CC(C)(C)c1ccc(-n2c3cc(C(C)(C)C)ccc3c3c4c5c(C(C)(C)C)cccc5n5c4c(cc32)B2c3c-5ccc4c3-n3c5c2cc(C(C)(C)C)cc5c2cc(C(C)(C)C)cc(c23)C42c3cc(C(C)(C)C)ccc3-c3ccc(C(C)(C)C)cc32)cc1. The highest BCUT2D eigenvalue weighted by molar-refractivity contribution is 7.00. The summed E-state index contributed by atoms with van der Waals surface area (Å²) >= 11 is 0. The van der Waals surface area contributed by atoms with Gasteiger partial charge in [-0.15, -0.1) is 0 Å². The Morgan fingerprint density at radius 1 is 0.322 bits per heavy atom. The second-order valence-corrected chi connectivity index (χ2v) is 34.3. The van der Waals surface area contributed by atoms with Crippen LogP contribution < -0.4 is 16.4 Å². The molecule has 0 saturated carbocycles. The van der Waals surface area contributed by atoms with Gasteiger partial charge in [0.2, 0.25) is 0 Å². The van der Waals surface area contributed by atoms with Crippen LogP contribution in [0.2, 0.25) is 0 Å². The first-order valence-corrected chi connectivity index (χ1v) is 32.5. The van der Waals surface area contributed by atoms with Crippen molar-refractivity contribution in [3.05, 3.63) is 201 Å². The topological polar surface area (TPSA) is 14.8 Å². The Morgan fingerprint density at radius 3 is 1.41 bits per heavy atom. The highest BCUT2D eigenvalue weighted by Crippen LogP contribution is 2.63. The average molecular weight is 1140 g/mol. The molecule has 4 aliphatic rings. The smallest absolute Gasteiger partial charge is 0.252 e. The van der Waals surface area contributed by atoms with Crippen LogP contribution in [0.4, 0.5) is 0 Å². The fraction of sp³-hybridized carbons (Fsp3) is 0.349. The highest BCUT2D eigenvalue weighted by Gasteiger charge is 2.55. The Kier molecular flexibility index (Phi) is 10.4. The molecule has 3 aliphatic heterocycles. The van der Waals surface area contributed by atoms with Crippen molar-refractivity contribution in [2.24, 2.45) is 0 Å². The summed E-state index contributed by atoms with van der Waals surface area (Å²) in [6.07, 6.45) is 0. The average Bonchev–Trinajstić information content (AvgIpc) is 1.53. The van der Waals surface area contributed by atoms with E-state index in [1.54, 1.807) is 0 Å². The van der Waals surface area contributed by atoms with E-state index in [-0.39, 0.29) is 44.6 Å². The molecule has 6 heterocycles. The van der Waals surface area contributed by atoms with Crippen LogP contribution in [-0.4, -0.2) is 20.4 Å². The summed E-state index contributed by atoms with van der Waals surface area (Å²) < 4.78 is 8.25. The summed E-state index contributed by atoms with van der Waals surface area (Å²) in [5.74, 6) is 0. The van der Waals surface area contributed by atoms with E-state index in [1.807, 2.05) is 0 Å². The van der Waals surface area contributed by atoms with Gasteiger partial charge in [-0.25, -0.2) is 0 Å². The third-order valence-corrected chi connectivity index (χ3v) is 21.4. The molecule has 87 heavy (non-hydrogen) atoms. The van der Waals surface area contributed by atoms with Gasteiger partial charge in [-0.1, -0.05) is 236 Å². The van der Waals surface area contributed by atoms with E-state index in [0.717, 1.165) is 0 Å². The van der Waals surface area contributed by atoms with Crippen LogP contribution in [0.3, 0.4) is 0 Å². The van der Waals surface area contributed by atoms with Gasteiger partial charge in [0.05, 0.1) is 33.0 Å². The van der Waals surface area contributed by atoms with Crippen molar-refractivity contribution < 1.29 is 0 Å². The van der Waals surface area contributed by atoms with Crippen molar-refractivity contribution in [2.75, 3.05) is 0 Å². The monoisotopic (exact) mass is 1140 g/mol. The minimum absolute atomic E-state index is 0.0171. The number of rotatable bonds is 1. The number of fused-ring (bicyclic) bond motifs is 18. The van der Waals surface area contributed by atoms with Gasteiger partial charge in [0.1, 0.15) is 0 Å². The quantitative estimate of drug-likeness (QED) is 0.146. The maximum absolute atomic E-state index is 2.83. The number of aromatic nitrogens is 3. The Labute approximate surface area is 516 Å². The molecule has 436 valence electrons. The summed E-state index contributed by atoms with van der Waals surface area (Å²) in [6, 6.07) is 57.9. The van der Waals surface area contributed by atoms with E-state index in [9.17, 15) is 0 Å². The van der Waals surface area contributed by atoms with E-state index in [2.05, 4.69) is 299 Å². The van der Waals surface area contributed by atoms with E-state index in [1.165, 1.54) is 171 Å². The predicted molar refractivity (Wildman–Crippen MR) is 376 cm³/mol. The second kappa shape index (κ2) is 16.6. The molecule has 3 aromatic heterocycles. The van der Waals surface area contributed by atoms with Gasteiger partial charge in [-0.2, -0.15) is 0 Å². The van der Waals surface area contributed by atoms with Crippen LogP contribution in [0.15, 0.2) is 140 Å². The van der Waals surface area contributed by atoms with Crippen LogP contribution in [0, 0.1) is 0 Å². The summed E-state index contributed by atoms with van der Waals surface area (Å²) in [7, 11) is 0. The number of hydrogen-bond donors (Lipinski definition) is 0. The largest absolute Gasteiger partial charge is 0.310 e. The Balaban J connectivity index is 1.17. The maximum atomic E-state index is 2.83. The van der Waals surface area contributed by atoms with E-state index in [4.69, 9.17) is 0 Å². The first kappa shape index (κ1) is 54.8. The molecule has 1 aliphatic carbocycles. The van der Waals surface area contributed by atoms with Crippen LogP contribution in [0.1, 0.15) is 207 Å². The van der Waals surface area contributed by atoms with Crippen LogP contribution in [0.25, 0.3) is 93.6 Å². The van der Waals surface area contributed by atoms with Gasteiger partial charge in [0, 0.05) is 54.9 Å². The molecule has 12 aromatic rings. The number of nitrogens with zero attached hydrogens (tertiary/aromatic N) is 3. The molecule has 0 N–H and O–H groups in total. The molecular formula is C83H86BN3. The Morgan fingerprint density at radius 2 is 0.839 bits per heavy atom. The third-order valence-electron chi connectivity index (χ3n) is 21.4. The van der Waals surface area contributed by atoms with Crippen molar-refractivity contribution >= 4 is 88.5 Å². The summed E-state index contributed by atoms with van der Waals surface area (Å²) in [5, 5.41) is 8.11. The summed E-state index contributed by atoms with van der Waals surface area (Å²) in [4.78, 5) is 0. The molecule has 4 heteroatoms. The molecule has 16 rings (SSSR count). The van der Waals surface area contributed by atoms with Gasteiger partial charge in [-0.05, 0) is 175 Å². The van der Waals surface area contributed by atoms with Crippen LogP contribution >= 0.6 is 0 Å². The minimum atomic E-state index is -0.648. The molecule has 0 fully saturated rings. The fourth-order valence-corrected chi connectivity index (χ4v) is 16.7. The van der Waals surface area contributed by atoms with E-state index >= 15 is 0 Å². The normalized spacial score (nSPS) is 15.3. The lowest BCUT2D eigenvalue weighted by Gasteiger charge is -2.45. The summed E-state index contributed by atoms with van der Waals surface area (Å²) in [5.41, 5.74) is 32.6. The molecule has 0 bridgehead atoms. The zero-order valence-electron chi connectivity index (χ0n) is 55.7. The van der Waals surface area contributed by atoms with Crippen molar-refractivity contribution in [3.8, 4) is 28.2 Å². The van der Waals surface area contributed by atoms with Gasteiger partial charge < -0.3 is 13.7 Å². The van der Waals surface area contributed by atoms with E-state index < -0.39 is 5.41 Å². The number of benzene rings is 9. The van der Waals surface area contributed by atoms with Gasteiger partial charge in [0.25, 0.3) is 6.71 Å². The van der Waals surface area contributed by atoms with Gasteiger partial charge in [0.15, 0.2) is 0 Å². The van der Waals surface area contributed by atoms with Gasteiger partial charge >= 0.3 is 0 Å².